The van der Waals surface area contributed by atoms with Crippen LogP contribution >= 0.6 is 0 Å². The van der Waals surface area contributed by atoms with Crippen LogP contribution in [0, 0.1) is 0 Å². The first-order chi connectivity index (χ1) is 9.13. The molecule has 1 aliphatic heterocycles. The van der Waals surface area contributed by atoms with Gasteiger partial charge < -0.3 is 15.2 Å². The molecule has 1 aromatic heterocycles. The van der Waals surface area contributed by atoms with E-state index in [-0.39, 0.29) is 11.9 Å². The van der Waals surface area contributed by atoms with Gasteiger partial charge in [0, 0.05) is 50.4 Å². The van der Waals surface area contributed by atoms with Gasteiger partial charge in [-0.15, -0.1) is 0 Å². The lowest BCUT2D eigenvalue weighted by atomic mass is 10.2. The van der Waals surface area contributed by atoms with Gasteiger partial charge in [0.1, 0.15) is 5.82 Å². The lowest BCUT2D eigenvalue weighted by molar-refractivity contribution is -0.132. The molecule has 0 bridgehead atoms. The van der Waals surface area contributed by atoms with Gasteiger partial charge in [-0.25, -0.2) is 4.98 Å². The normalized spacial score (nSPS) is 19.4. The second kappa shape index (κ2) is 6.19. The van der Waals surface area contributed by atoms with Crippen LogP contribution in [0.2, 0.25) is 0 Å². The van der Waals surface area contributed by atoms with Crippen molar-refractivity contribution in [1.29, 1.82) is 0 Å². The van der Waals surface area contributed by atoms with E-state index < -0.39 is 0 Å². The molecule has 0 saturated carbocycles. The Morgan fingerprint density at radius 1 is 1.58 bits per heavy atom. The second-order valence-corrected chi connectivity index (χ2v) is 5.50. The first-order valence-corrected chi connectivity index (χ1v) is 7.14. The molecule has 0 aliphatic carbocycles. The van der Waals surface area contributed by atoms with E-state index in [9.17, 15) is 4.79 Å². The van der Waals surface area contributed by atoms with Crippen LogP contribution in [0.15, 0.2) is 12.4 Å². The number of rotatable bonds is 5. The van der Waals surface area contributed by atoms with Crippen molar-refractivity contribution in [1.82, 2.24) is 14.5 Å². The summed E-state index contributed by atoms with van der Waals surface area (Å²) in [6, 6.07) is 0.250. The summed E-state index contributed by atoms with van der Waals surface area (Å²) in [7, 11) is 0. The number of nitrogens with zero attached hydrogens (tertiary/aromatic N) is 3. The zero-order valence-electron chi connectivity index (χ0n) is 11.9. The van der Waals surface area contributed by atoms with E-state index >= 15 is 0 Å². The molecule has 0 aromatic carbocycles. The highest BCUT2D eigenvalue weighted by Gasteiger charge is 2.27. The molecule has 5 heteroatoms. The highest BCUT2D eigenvalue weighted by Crippen LogP contribution is 2.18. The van der Waals surface area contributed by atoms with Gasteiger partial charge in [-0.2, -0.15) is 0 Å². The fourth-order valence-electron chi connectivity index (χ4n) is 2.78. The van der Waals surface area contributed by atoms with E-state index in [0.717, 1.165) is 25.2 Å². The number of carbonyl (C=O) groups excluding carboxylic acids is 1. The van der Waals surface area contributed by atoms with Gasteiger partial charge >= 0.3 is 0 Å². The summed E-state index contributed by atoms with van der Waals surface area (Å²) in [5, 5.41) is 0. The van der Waals surface area contributed by atoms with Crippen molar-refractivity contribution in [2.45, 2.75) is 51.6 Å². The average Bonchev–Trinajstić information content (AvgIpc) is 3.04. The number of hydrogen-bond acceptors (Lipinski definition) is 3. The van der Waals surface area contributed by atoms with Crippen molar-refractivity contribution in [3.8, 4) is 0 Å². The Hall–Kier alpha value is -1.36. The number of aromatic nitrogens is 2. The number of likely N-dealkylation sites (tertiary alicyclic amines) is 1. The van der Waals surface area contributed by atoms with Gasteiger partial charge in [0.2, 0.25) is 5.91 Å². The largest absolute Gasteiger partial charge is 0.338 e. The molecule has 2 N–H and O–H groups in total. The van der Waals surface area contributed by atoms with Crippen LogP contribution in [0.4, 0.5) is 0 Å². The van der Waals surface area contributed by atoms with E-state index in [1.165, 1.54) is 0 Å². The van der Waals surface area contributed by atoms with E-state index in [2.05, 4.69) is 23.4 Å². The molecule has 0 spiro atoms. The maximum absolute atomic E-state index is 12.2. The Morgan fingerprint density at radius 3 is 3.05 bits per heavy atom. The summed E-state index contributed by atoms with van der Waals surface area (Å²) in [5.74, 6) is 1.65. The molecule has 1 aliphatic rings. The predicted molar refractivity (Wildman–Crippen MR) is 74.7 cm³/mol. The summed E-state index contributed by atoms with van der Waals surface area (Å²) in [6.07, 6.45) is 6.42. The molecule has 1 fully saturated rings. The lowest BCUT2D eigenvalue weighted by Gasteiger charge is -2.23. The molecule has 1 saturated heterocycles. The maximum Gasteiger partial charge on any atom is 0.224 e. The van der Waals surface area contributed by atoms with Crippen LogP contribution in [-0.2, 0) is 11.3 Å². The van der Waals surface area contributed by atoms with Gasteiger partial charge in [0.25, 0.3) is 0 Å². The average molecular weight is 264 g/mol. The van der Waals surface area contributed by atoms with Crippen molar-refractivity contribution >= 4 is 5.91 Å². The van der Waals surface area contributed by atoms with Gasteiger partial charge in [-0.1, -0.05) is 13.8 Å². The number of amides is 1. The van der Waals surface area contributed by atoms with Crippen LogP contribution in [0.1, 0.15) is 44.9 Å². The molecule has 106 valence electrons. The molecule has 5 nitrogen and oxygen atoms in total. The number of aryl methyl sites for hydroxylation is 1. The van der Waals surface area contributed by atoms with Gasteiger partial charge in [-0.05, 0) is 12.8 Å². The number of hydrogen-bond donors (Lipinski definition) is 1. The van der Waals surface area contributed by atoms with E-state index in [4.69, 9.17) is 5.73 Å². The zero-order valence-corrected chi connectivity index (χ0v) is 11.9. The molecule has 0 radical (unpaired) electrons. The van der Waals surface area contributed by atoms with Crippen LogP contribution in [-0.4, -0.2) is 39.5 Å². The molecule has 1 aromatic rings. The first kappa shape index (κ1) is 14.1. The Labute approximate surface area is 114 Å². The van der Waals surface area contributed by atoms with Crippen molar-refractivity contribution < 1.29 is 4.79 Å². The van der Waals surface area contributed by atoms with Gasteiger partial charge in [0.15, 0.2) is 0 Å². The molecular weight excluding hydrogens is 240 g/mol. The lowest BCUT2D eigenvalue weighted by Crippen LogP contribution is -2.40. The van der Waals surface area contributed by atoms with E-state index in [1.54, 1.807) is 6.20 Å². The Bertz CT molecular complexity index is 427. The van der Waals surface area contributed by atoms with Crippen molar-refractivity contribution in [2.24, 2.45) is 5.73 Å². The molecule has 1 amide bonds. The molecule has 1 unspecified atom stereocenters. The highest BCUT2D eigenvalue weighted by molar-refractivity contribution is 5.76. The SMILES string of the molecule is CC(C)c1nccn1CCC(=O)N1CCCC1CN. The number of nitrogens with two attached hydrogens (primary N) is 1. The predicted octanol–water partition coefficient (Wildman–Crippen LogP) is 1.35. The smallest absolute Gasteiger partial charge is 0.224 e. The summed E-state index contributed by atoms with van der Waals surface area (Å²) >= 11 is 0. The molecule has 19 heavy (non-hydrogen) atoms. The Kier molecular flexibility index (Phi) is 4.58. The third-order valence-electron chi connectivity index (χ3n) is 3.80. The Morgan fingerprint density at radius 2 is 2.37 bits per heavy atom. The van der Waals surface area contributed by atoms with Crippen molar-refractivity contribution in [3.05, 3.63) is 18.2 Å². The molecule has 2 heterocycles. The minimum Gasteiger partial charge on any atom is -0.338 e. The highest BCUT2D eigenvalue weighted by atomic mass is 16.2. The van der Waals surface area contributed by atoms with Crippen LogP contribution < -0.4 is 5.73 Å². The van der Waals surface area contributed by atoms with Crippen LogP contribution in [0.25, 0.3) is 0 Å². The molecular formula is C14H24N4O. The fraction of sp³-hybridized carbons (Fsp3) is 0.714. The first-order valence-electron chi connectivity index (χ1n) is 7.14. The monoisotopic (exact) mass is 264 g/mol. The standard InChI is InChI=1S/C14H24N4O/c1-11(2)14-16-6-9-17(14)8-5-13(19)18-7-3-4-12(18)10-15/h6,9,11-12H,3-5,7-8,10,15H2,1-2H3. The summed E-state index contributed by atoms with van der Waals surface area (Å²) in [4.78, 5) is 18.5. The minimum absolute atomic E-state index is 0.219. The Balaban J connectivity index is 1.91. The summed E-state index contributed by atoms with van der Waals surface area (Å²) in [6.45, 7) is 6.38. The molecule has 2 rings (SSSR count). The number of imidazole rings is 1. The van der Waals surface area contributed by atoms with Gasteiger partial charge in [-0.3, -0.25) is 4.79 Å². The van der Waals surface area contributed by atoms with Gasteiger partial charge in [0.05, 0.1) is 0 Å². The number of carbonyl (C=O) groups is 1. The topological polar surface area (TPSA) is 64.2 Å². The van der Waals surface area contributed by atoms with Crippen LogP contribution in [0.3, 0.4) is 0 Å². The second-order valence-electron chi connectivity index (χ2n) is 5.50. The van der Waals surface area contributed by atoms with Crippen LogP contribution in [0.5, 0.6) is 0 Å². The minimum atomic E-state index is 0.219. The van der Waals surface area contributed by atoms with Crippen molar-refractivity contribution in [3.63, 3.8) is 0 Å². The zero-order chi connectivity index (χ0) is 13.8. The third kappa shape index (κ3) is 3.15. The van der Waals surface area contributed by atoms with E-state index in [1.807, 2.05) is 11.1 Å². The maximum atomic E-state index is 12.2. The van der Waals surface area contributed by atoms with E-state index in [0.29, 0.717) is 25.4 Å². The summed E-state index contributed by atoms with van der Waals surface area (Å²) in [5.41, 5.74) is 5.71. The van der Waals surface area contributed by atoms with Crippen molar-refractivity contribution in [2.75, 3.05) is 13.1 Å². The third-order valence-corrected chi connectivity index (χ3v) is 3.80. The molecule has 1 atom stereocenters. The quantitative estimate of drug-likeness (QED) is 0.873. The summed E-state index contributed by atoms with van der Waals surface area (Å²) < 4.78 is 2.08. The fourth-order valence-corrected chi connectivity index (χ4v) is 2.78.